The maximum Gasteiger partial charge on any atom is 0.404 e. The molecule has 0 aromatic carbocycles. The molecule has 156 valence electrons. The number of aryl methyl sites for hydroxylation is 1. The molecular weight excluding hydrogens is 462 g/mol. The van der Waals surface area contributed by atoms with Crippen molar-refractivity contribution in [3.63, 3.8) is 0 Å². The lowest BCUT2D eigenvalue weighted by Gasteiger charge is -2.18. The fraction of sp³-hybridized carbons (Fsp3) is 0.500. The van der Waals surface area contributed by atoms with Crippen LogP contribution in [0.5, 0.6) is 0 Å². The first-order valence-electron chi connectivity index (χ1n) is 9.30. The highest BCUT2D eigenvalue weighted by molar-refractivity contribution is 9.10. The van der Waals surface area contributed by atoms with Gasteiger partial charge in [-0.1, -0.05) is 6.92 Å². The Morgan fingerprint density at radius 3 is 2.83 bits per heavy atom. The molecule has 1 aliphatic rings. The summed E-state index contributed by atoms with van der Waals surface area (Å²) in [5, 5.41) is 18.3. The van der Waals surface area contributed by atoms with Crippen LogP contribution in [0.2, 0.25) is 0 Å². The number of carbonyl (C=O) groups is 2. The minimum atomic E-state index is -0.551. The Balaban J connectivity index is 1.64. The van der Waals surface area contributed by atoms with Crippen LogP contribution in [0.15, 0.2) is 4.47 Å². The number of halogens is 1. The average Bonchev–Trinajstić information content (AvgIpc) is 3.13. The molecular formula is C18H22BrN5O4S. The number of hydrogen-bond acceptors (Lipinski definition) is 6. The second-order valence-electron chi connectivity index (χ2n) is 7.28. The van der Waals surface area contributed by atoms with E-state index in [0.717, 1.165) is 29.7 Å². The highest BCUT2D eigenvalue weighted by Crippen LogP contribution is 2.39. The van der Waals surface area contributed by atoms with Gasteiger partial charge in [0, 0.05) is 11.3 Å². The lowest BCUT2D eigenvalue weighted by molar-refractivity contribution is -0.390. The van der Waals surface area contributed by atoms with Gasteiger partial charge in [-0.15, -0.1) is 11.3 Å². The number of nitrogens with zero attached hydrogens (tertiary/aromatic N) is 3. The smallest absolute Gasteiger partial charge is 0.365 e. The Morgan fingerprint density at radius 2 is 2.21 bits per heavy atom. The Morgan fingerprint density at radius 1 is 1.48 bits per heavy atom. The van der Waals surface area contributed by atoms with Crippen molar-refractivity contribution >= 4 is 49.9 Å². The third-order valence-electron chi connectivity index (χ3n) is 5.07. The first-order chi connectivity index (χ1) is 13.7. The number of nitrogens with two attached hydrogens (primary N) is 1. The predicted molar refractivity (Wildman–Crippen MR) is 113 cm³/mol. The molecule has 3 N–H and O–H groups in total. The van der Waals surface area contributed by atoms with Crippen LogP contribution in [0.1, 0.15) is 52.7 Å². The summed E-state index contributed by atoms with van der Waals surface area (Å²) in [6.45, 7) is 4.26. The number of amides is 2. The van der Waals surface area contributed by atoms with E-state index in [-0.39, 0.29) is 18.1 Å². The molecule has 1 aliphatic carbocycles. The molecule has 0 radical (unpaired) electrons. The normalized spacial score (nSPS) is 15.8. The molecule has 0 aliphatic heterocycles. The highest BCUT2D eigenvalue weighted by Gasteiger charge is 2.27. The van der Waals surface area contributed by atoms with Gasteiger partial charge in [-0.2, -0.15) is 4.68 Å². The van der Waals surface area contributed by atoms with Crippen molar-refractivity contribution in [1.29, 1.82) is 0 Å². The number of rotatable bonds is 7. The minimum Gasteiger partial charge on any atom is -0.365 e. The van der Waals surface area contributed by atoms with Gasteiger partial charge in [0.2, 0.25) is 5.91 Å². The molecule has 2 aromatic rings. The van der Waals surface area contributed by atoms with Gasteiger partial charge in [-0.3, -0.25) is 9.59 Å². The van der Waals surface area contributed by atoms with Crippen molar-refractivity contribution in [3.8, 4) is 0 Å². The van der Waals surface area contributed by atoms with Crippen LogP contribution >= 0.6 is 27.3 Å². The number of nitro groups is 1. The van der Waals surface area contributed by atoms with Crippen molar-refractivity contribution in [2.75, 3.05) is 5.32 Å². The summed E-state index contributed by atoms with van der Waals surface area (Å²) >= 11 is 4.61. The summed E-state index contributed by atoms with van der Waals surface area (Å²) < 4.78 is 1.85. The lowest BCUT2D eigenvalue weighted by Crippen LogP contribution is -2.19. The summed E-state index contributed by atoms with van der Waals surface area (Å²) in [7, 11) is 0. The number of fused-ring (bicyclic) bond motifs is 1. The van der Waals surface area contributed by atoms with Crippen molar-refractivity contribution in [1.82, 2.24) is 9.78 Å². The van der Waals surface area contributed by atoms with Crippen LogP contribution < -0.4 is 11.1 Å². The van der Waals surface area contributed by atoms with Crippen molar-refractivity contribution in [2.24, 2.45) is 11.7 Å². The van der Waals surface area contributed by atoms with E-state index in [1.807, 2.05) is 0 Å². The van der Waals surface area contributed by atoms with Crippen molar-refractivity contribution in [2.45, 2.75) is 52.5 Å². The fourth-order valence-corrected chi connectivity index (χ4v) is 5.38. The summed E-state index contributed by atoms with van der Waals surface area (Å²) in [5.74, 6) is -0.434. The summed E-state index contributed by atoms with van der Waals surface area (Å²) in [6, 6.07) is 0. The molecule has 0 fully saturated rings. The fourth-order valence-electron chi connectivity index (χ4n) is 3.52. The van der Waals surface area contributed by atoms with Crippen LogP contribution in [-0.2, 0) is 24.2 Å². The van der Waals surface area contributed by atoms with E-state index < -0.39 is 10.8 Å². The van der Waals surface area contributed by atoms with Crippen LogP contribution in [0.3, 0.4) is 0 Å². The van der Waals surface area contributed by atoms with Gasteiger partial charge < -0.3 is 21.2 Å². The molecule has 0 saturated heterocycles. The lowest BCUT2D eigenvalue weighted by atomic mass is 9.88. The van der Waals surface area contributed by atoms with Crippen LogP contribution in [-0.4, -0.2) is 26.5 Å². The van der Waals surface area contributed by atoms with Gasteiger partial charge in [0.25, 0.3) is 5.91 Å². The second kappa shape index (κ2) is 8.62. The number of anilines is 1. The van der Waals surface area contributed by atoms with Gasteiger partial charge >= 0.3 is 5.82 Å². The van der Waals surface area contributed by atoms with Crippen LogP contribution in [0.4, 0.5) is 10.8 Å². The molecule has 2 heterocycles. The highest BCUT2D eigenvalue weighted by atomic mass is 79.9. The third-order valence-corrected chi connectivity index (χ3v) is 7.17. The summed E-state index contributed by atoms with van der Waals surface area (Å²) in [6.07, 6.45) is 3.34. The van der Waals surface area contributed by atoms with E-state index in [2.05, 4.69) is 33.3 Å². The number of primary amides is 1. The molecule has 1 atom stereocenters. The van der Waals surface area contributed by atoms with E-state index in [1.54, 1.807) is 6.92 Å². The average molecular weight is 484 g/mol. The summed E-state index contributed by atoms with van der Waals surface area (Å²) in [5.41, 5.74) is 7.62. The first-order valence-corrected chi connectivity index (χ1v) is 10.9. The van der Waals surface area contributed by atoms with Gasteiger partial charge in [-0.25, -0.2) is 0 Å². The second-order valence-corrected chi connectivity index (χ2v) is 9.17. The van der Waals surface area contributed by atoms with Crippen LogP contribution in [0.25, 0.3) is 0 Å². The molecule has 9 nitrogen and oxygen atoms in total. The molecule has 0 spiro atoms. The van der Waals surface area contributed by atoms with E-state index in [9.17, 15) is 19.7 Å². The van der Waals surface area contributed by atoms with Gasteiger partial charge in [-0.05, 0) is 64.9 Å². The Bertz CT molecular complexity index is 984. The third kappa shape index (κ3) is 4.50. The maximum atomic E-state index is 12.4. The van der Waals surface area contributed by atoms with Gasteiger partial charge in [0.1, 0.15) is 9.47 Å². The molecule has 0 unspecified atom stereocenters. The first kappa shape index (κ1) is 21.4. The maximum absolute atomic E-state index is 12.4. The SMILES string of the molecule is Cc1c(Br)c([N+](=O)[O-])nn1CCCC(=O)Nc1sc2c(c1C(N)=O)CC[C@H](C)C2. The van der Waals surface area contributed by atoms with Crippen molar-refractivity contribution < 1.29 is 14.5 Å². The molecule has 0 saturated carbocycles. The van der Waals surface area contributed by atoms with Gasteiger partial charge in [0.05, 0.1) is 22.9 Å². The Kier molecular flexibility index (Phi) is 6.37. The molecule has 3 rings (SSSR count). The number of carbonyl (C=O) groups excluding carboxylic acids is 2. The Labute approximate surface area is 179 Å². The van der Waals surface area contributed by atoms with E-state index >= 15 is 0 Å². The monoisotopic (exact) mass is 483 g/mol. The summed E-state index contributed by atoms with van der Waals surface area (Å²) in [4.78, 5) is 35.9. The van der Waals surface area contributed by atoms with Crippen molar-refractivity contribution in [3.05, 3.63) is 36.3 Å². The zero-order chi connectivity index (χ0) is 21.3. The Hall–Kier alpha value is -2.27. The van der Waals surface area contributed by atoms with Gasteiger partial charge in [0.15, 0.2) is 0 Å². The zero-order valence-corrected chi connectivity index (χ0v) is 18.6. The predicted octanol–water partition coefficient (Wildman–Crippen LogP) is 3.57. The quantitative estimate of drug-likeness (QED) is 0.458. The number of hydrogen-bond donors (Lipinski definition) is 2. The number of thiophene rings is 1. The molecule has 0 bridgehead atoms. The largest absolute Gasteiger partial charge is 0.404 e. The molecule has 29 heavy (non-hydrogen) atoms. The molecule has 2 amide bonds. The number of nitrogens with one attached hydrogen (secondary N) is 1. The number of aromatic nitrogens is 2. The zero-order valence-electron chi connectivity index (χ0n) is 16.2. The standard InChI is InChI=1S/C18H22BrN5O4S/c1-9-5-6-11-12(8-9)29-18(14(11)16(20)26)21-13(25)4-3-7-23-10(2)15(19)17(22-23)24(27)28/h9H,3-8H2,1-2H3,(H2,20,26)(H,21,25)/t9-/m0/s1. The van der Waals surface area contributed by atoms with Crippen LogP contribution in [0, 0.1) is 23.0 Å². The topological polar surface area (TPSA) is 133 Å². The molecule has 2 aromatic heterocycles. The van der Waals surface area contributed by atoms with E-state index in [4.69, 9.17) is 5.73 Å². The van der Waals surface area contributed by atoms with E-state index in [0.29, 0.717) is 39.6 Å². The van der Waals surface area contributed by atoms with E-state index in [1.165, 1.54) is 16.0 Å². The minimum absolute atomic E-state index is 0.196. The molecule has 11 heteroatoms.